The standard InChI is InChI=1S/C12H15Br6NO6/c13-7(14)10(20)23-4-1-19(2-5-24-11(21)8(15)16)3-6-25-12(22)9(17)18/h7-9H,1-6H2. The lowest BCUT2D eigenvalue weighted by Crippen LogP contribution is -2.36. The van der Waals surface area contributed by atoms with Crippen LogP contribution in [0.1, 0.15) is 0 Å². The van der Waals surface area contributed by atoms with Gasteiger partial charge >= 0.3 is 17.9 Å². The highest BCUT2D eigenvalue weighted by Crippen LogP contribution is 2.11. The molecule has 0 atom stereocenters. The minimum atomic E-state index is -0.569. The predicted octanol–water partition coefficient (Wildman–Crippen LogP) is 3.27. The van der Waals surface area contributed by atoms with Crippen molar-refractivity contribution in [2.75, 3.05) is 39.5 Å². The van der Waals surface area contributed by atoms with Gasteiger partial charge in [-0.1, -0.05) is 95.6 Å². The van der Waals surface area contributed by atoms with Crippen LogP contribution in [0.2, 0.25) is 0 Å². The minimum Gasteiger partial charge on any atom is -0.463 e. The first-order chi connectivity index (χ1) is 11.6. The second kappa shape index (κ2) is 15.2. The van der Waals surface area contributed by atoms with Crippen LogP contribution in [-0.4, -0.2) is 73.5 Å². The summed E-state index contributed by atoms with van der Waals surface area (Å²) < 4.78 is 13.4. The van der Waals surface area contributed by atoms with Gasteiger partial charge in [-0.2, -0.15) is 0 Å². The Balaban J connectivity index is 4.31. The highest BCUT2D eigenvalue weighted by molar-refractivity contribution is 9.25. The van der Waals surface area contributed by atoms with Crippen LogP contribution in [0.15, 0.2) is 0 Å². The zero-order valence-electron chi connectivity index (χ0n) is 12.6. The zero-order valence-corrected chi connectivity index (χ0v) is 22.2. The molecule has 0 rings (SSSR count). The molecule has 0 fully saturated rings. The van der Waals surface area contributed by atoms with Gasteiger partial charge in [-0.05, 0) is 0 Å². The maximum absolute atomic E-state index is 11.4. The second-order valence-electron chi connectivity index (χ2n) is 4.25. The van der Waals surface area contributed by atoms with Gasteiger partial charge in [0.05, 0.1) is 0 Å². The van der Waals surface area contributed by atoms with Crippen molar-refractivity contribution in [3.63, 3.8) is 0 Å². The number of alkyl halides is 6. The van der Waals surface area contributed by atoms with Gasteiger partial charge in [0, 0.05) is 19.6 Å². The van der Waals surface area contributed by atoms with E-state index in [1.807, 2.05) is 4.90 Å². The second-order valence-corrected chi connectivity index (χ2v) is 13.4. The fourth-order valence-corrected chi connectivity index (χ4v) is 2.14. The van der Waals surface area contributed by atoms with Crippen molar-refractivity contribution < 1.29 is 28.6 Å². The summed E-state index contributed by atoms with van der Waals surface area (Å²) in [5.41, 5.74) is 0. The molecule has 13 heteroatoms. The largest absolute Gasteiger partial charge is 0.463 e. The Bertz CT molecular complexity index is 375. The number of ether oxygens (including phenoxy) is 3. The number of hydrogen-bond donors (Lipinski definition) is 0. The molecular weight excluding hydrogens is 734 g/mol. The molecule has 0 bridgehead atoms. The van der Waals surface area contributed by atoms with E-state index in [0.29, 0.717) is 19.6 Å². The lowest BCUT2D eigenvalue weighted by Gasteiger charge is -2.22. The highest BCUT2D eigenvalue weighted by Gasteiger charge is 2.16. The fraction of sp³-hybridized carbons (Fsp3) is 0.750. The van der Waals surface area contributed by atoms with E-state index in [0.717, 1.165) is 0 Å². The van der Waals surface area contributed by atoms with Crippen molar-refractivity contribution in [1.82, 2.24) is 4.90 Å². The molecule has 0 spiro atoms. The summed E-state index contributed by atoms with van der Waals surface area (Å²) in [5, 5.41) is 0. The molecule has 0 aliphatic heterocycles. The molecule has 0 heterocycles. The third kappa shape index (κ3) is 14.0. The molecule has 0 aliphatic carbocycles. The monoisotopic (exact) mass is 743 g/mol. The zero-order chi connectivity index (χ0) is 19.4. The first-order valence-corrected chi connectivity index (χ1v) is 12.2. The molecule has 0 saturated heterocycles. The quantitative estimate of drug-likeness (QED) is 0.172. The summed E-state index contributed by atoms with van der Waals surface area (Å²) in [5.74, 6) is -1.33. The Hall–Kier alpha value is 1.25. The maximum atomic E-state index is 11.4. The van der Waals surface area contributed by atoms with Gasteiger partial charge in [0.1, 0.15) is 19.8 Å². The molecule has 0 N–H and O–H groups in total. The molecule has 0 saturated carbocycles. The fourth-order valence-electron chi connectivity index (χ4n) is 1.35. The molecule has 7 nitrogen and oxygen atoms in total. The summed E-state index contributed by atoms with van der Waals surface area (Å²) in [6, 6.07) is 0. The first kappa shape index (κ1) is 26.2. The van der Waals surface area contributed by atoms with Crippen LogP contribution < -0.4 is 0 Å². The number of hydrogen-bond acceptors (Lipinski definition) is 7. The van der Waals surface area contributed by atoms with Gasteiger partial charge in [0.25, 0.3) is 0 Å². The van der Waals surface area contributed by atoms with E-state index in [1.165, 1.54) is 0 Å². The summed E-state index contributed by atoms with van der Waals surface area (Å²) in [6.45, 7) is 1.62. The van der Waals surface area contributed by atoms with E-state index in [2.05, 4.69) is 95.6 Å². The van der Waals surface area contributed by atoms with Crippen molar-refractivity contribution >= 4 is 113 Å². The van der Waals surface area contributed by atoms with Crippen molar-refractivity contribution in [1.29, 1.82) is 0 Å². The van der Waals surface area contributed by atoms with Crippen molar-refractivity contribution in [3.8, 4) is 0 Å². The summed E-state index contributed by atoms with van der Waals surface area (Å²) in [7, 11) is 0. The van der Waals surface area contributed by atoms with Gasteiger partial charge in [-0.3, -0.25) is 4.90 Å². The number of esters is 3. The SMILES string of the molecule is O=C(OCCN(CCOC(=O)C(Br)Br)CCOC(=O)C(Br)Br)C(Br)Br. The Morgan fingerprint density at radius 3 is 1.04 bits per heavy atom. The van der Waals surface area contributed by atoms with Gasteiger partial charge in [0.2, 0.25) is 0 Å². The lowest BCUT2D eigenvalue weighted by molar-refractivity contribution is -0.142. The summed E-state index contributed by atoms with van der Waals surface area (Å²) >= 11 is 18.3. The van der Waals surface area contributed by atoms with Crippen LogP contribution in [0.25, 0.3) is 0 Å². The molecule has 0 aromatic carbocycles. The predicted molar refractivity (Wildman–Crippen MR) is 114 cm³/mol. The number of nitrogens with zero attached hydrogens (tertiary/aromatic N) is 1. The summed E-state index contributed by atoms with van der Waals surface area (Å²) in [4.78, 5) is 36.0. The smallest absolute Gasteiger partial charge is 0.330 e. The number of carbonyl (C=O) groups excluding carboxylic acids is 3. The summed E-state index contributed by atoms with van der Waals surface area (Å²) in [6.07, 6.45) is 0. The van der Waals surface area contributed by atoms with Crippen LogP contribution in [0.4, 0.5) is 0 Å². The van der Waals surface area contributed by atoms with E-state index in [-0.39, 0.29) is 19.8 Å². The molecule has 0 amide bonds. The lowest BCUT2D eigenvalue weighted by atomic mass is 10.4. The molecule has 0 unspecified atom stereocenters. The van der Waals surface area contributed by atoms with Crippen LogP contribution in [0, 0.1) is 0 Å². The number of rotatable bonds is 12. The van der Waals surface area contributed by atoms with E-state index in [9.17, 15) is 14.4 Å². The number of carbonyl (C=O) groups is 3. The average molecular weight is 749 g/mol. The minimum absolute atomic E-state index is 0.146. The Labute approximate surface area is 196 Å². The van der Waals surface area contributed by atoms with Crippen LogP contribution in [0.5, 0.6) is 0 Å². The molecule has 0 aromatic rings. The Morgan fingerprint density at radius 2 is 0.840 bits per heavy atom. The highest BCUT2D eigenvalue weighted by atomic mass is 79.9. The van der Waals surface area contributed by atoms with Gasteiger partial charge in [0.15, 0.2) is 11.2 Å². The maximum Gasteiger partial charge on any atom is 0.330 e. The van der Waals surface area contributed by atoms with Gasteiger partial charge in [-0.25, -0.2) is 14.4 Å². The van der Waals surface area contributed by atoms with E-state index in [4.69, 9.17) is 14.2 Å². The van der Waals surface area contributed by atoms with E-state index >= 15 is 0 Å². The third-order valence-corrected chi connectivity index (χ3v) is 4.73. The van der Waals surface area contributed by atoms with Crippen molar-refractivity contribution in [3.05, 3.63) is 0 Å². The Kier molecular flexibility index (Phi) is 16.0. The van der Waals surface area contributed by atoms with Gasteiger partial charge in [-0.15, -0.1) is 0 Å². The molecule has 146 valence electrons. The van der Waals surface area contributed by atoms with Gasteiger partial charge < -0.3 is 14.2 Å². The van der Waals surface area contributed by atoms with E-state index in [1.54, 1.807) is 0 Å². The van der Waals surface area contributed by atoms with Crippen molar-refractivity contribution in [2.45, 2.75) is 11.2 Å². The van der Waals surface area contributed by atoms with Crippen molar-refractivity contribution in [2.24, 2.45) is 0 Å². The molecule has 0 radical (unpaired) electrons. The van der Waals surface area contributed by atoms with E-state index < -0.39 is 29.1 Å². The molecular formula is C12H15Br6NO6. The third-order valence-electron chi connectivity index (χ3n) is 2.49. The van der Waals surface area contributed by atoms with Crippen LogP contribution in [-0.2, 0) is 28.6 Å². The molecule has 0 aliphatic rings. The molecule has 25 heavy (non-hydrogen) atoms. The Morgan fingerprint density at radius 1 is 0.600 bits per heavy atom. The normalized spacial score (nSPS) is 11.3. The number of halogens is 6. The topological polar surface area (TPSA) is 82.1 Å². The van der Waals surface area contributed by atoms with Crippen LogP contribution >= 0.6 is 95.6 Å². The molecule has 0 aromatic heterocycles. The van der Waals surface area contributed by atoms with Crippen LogP contribution in [0.3, 0.4) is 0 Å². The first-order valence-electron chi connectivity index (χ1n) is 6.71. The average Bonchev–Trinajstić information content (AvgIpc) is 2.53.